The van der Waals surface area contributed by atoms with Crippen LogP contribution in [0.4, 0.5) is 19.0 Å². The largest absolute Gasteiger partial charge is 0.457 e. The maximum atomic E-state index is 16.4. The van der Waals surface area contributed by atoms with E-state index in [1.165, 1.54) is 18.3 Å². The maximum absolute atomic E-state index is 16.4. The number of hydrogen-bond donors (Lipinski definition) is 2. The summed E-state index contributed by atoms with van der Waals surface area (Å²) >= 11 is 5.91. The third kappa shape index (κ3) is 4.14. The molecule has 0 radical (unpaired) electrons. The number of anilines is 1. The molecule has 42 heavy (non-hydrogen) atoms. The second kappa shape index (κ2) is 9.60. The average molecular weight is 591 g/mol. The van der Waals surface area contributed by atoms with Gasteiger partial charge >= 0.3 is 6.01 Å². The number of aromatic nitrogens is 4. The number of aromatic amines is 1. The van der Waals surface area contributed by atoms with Crippen LogP contribution in [-0.4, -0.2) is 45.1 Å². The number of fused-ring (bicyclic) bond motifs is 5. The lowest BCUT2D eigenvalue weighted by molar-refractivity contribution is 0.278. The molecule has 2 aromatic carbocycles. The zero-order valence-corrected chi connectivity index (χ0v) is 22.7. The molecular weight excluding hydrogens is 569 g/mol. The van der Waals surface area contributed by atoms with Gasteiger partial charge in [0.25, 0.3) is 0 Å². The monoisotopic (exact) mass is 590 g/mol. The van der Waals surface area contributed by atoms with Crippen molar-refractivity contribution < 1.29 is 22.3 Å². The standard InChI is InChI=1S/C30H22ClF3N6O2/c31-23-9-21-22(42-23)8-17(37-21)13-41-30-38-28-19(29(39-30)40-11-15-5-6-16(12-40)36-15)10-35-27(26(28)34)18-3-1-2-14-4-7-20(32)25(33)24(14)18/h1-4,7-10,15-16,36-37H,5-6,11-13H2/t15-,16+. The summed E-state index contributed by atoms with van der Waals surface area (Å²) in [6, 6.07) is 11.3. The van der Waals surface area contributed by atoms with Crippen molar-refractivity contribution in [3.05, 3.63) is 77.0 Å². The van der Waals surface area contributed by atoms with Crippen LogP contribution in [-0.2, 0) is 6.61 Å². The summed E-state index contributed by atoms with van der Waals surface area (Å²) in [6.07, 6.45) is 3.59. The van der Waals surface area contributed by atoms with Gasteiger partial charge in [-0.05, 0) is 35.9 Å². The lowest BCUT2D eigenvalue weighted by Crippen LogP contribution is -2.51. The highest BCUT2D eigenvalue weighted by Crippen LogP contribution is 2.37. The van der Waals surface area contributed by atoms with Crippen molar-refractivity contribution in [3.8, 4) is 17.3 Å². The molecule has 2 saturated heterocycles. The number of benzene rings is 2. The van der Waals surface area contributed by atoms with Crippen LogP contribution in [0.1, 0.15) is 18.5 Å². The summed E-state index contributed by atoms with van der Waals surface area (Å²) in [5.41, 5.74) is 1.95. The predicted octanol–water partition coefficient (Wildman–Crippen LogP) is 6.51. The van der Waals surface area contributed by atoms with Crippen molar-refractivity contribution in [2.45, 2.75) is 31.5 Å². The minimum absolute atomic E-state index is 0.0216. The minimum Gasteiger partial charge on any atom is -0.457 e. The fourth-order valence-electron chi connectivity index (χ4n) is 6.16. The van der Waals surface area contributed by atoms with E-state index in [0.29, 0.717) is 53.0 Å². The zero-order valence-electron chi connectivity index (χ0n) is 21.9. The first-order valence-electron chi connectivity index (χ1n) is 13.6. The second-order valence-corrected chi connectivity index (χ2v) is 11.1. The van der Waals surface area contributed by atoms with Gasteiger partial charge in [-0.1, -0.05) is 24.3 Å². The van der Waals surface area contributed by atoms with Gasteiger partial charge in [0, 0.05) is 54.5 Å². The number of pyridine rings is 1. The number of piperazine rings is 1. The number of halogens is 4. The Morgan fingerprint density at radius 1 is 1.02 bits per heavy atom. The molecule has 6 aromatic rings. The number of furan rings is 1. The van der Waals surface area contributed by atoms with E-state index in [4.69, 9.17) is 25.7 Å². The SMILES string of the molecule is Fc1ccc2cccc(-c3ncc4c(N5C[C@H]6CC[C@@H](C5)N6)nc(OCc5cc6oc(Cl)cc6[nH]5)nc4c3F)c2c1F. The van der Waals surface area contributed by atoms with Crippen LogP contribution in [0.15, 0.2) is 53.1 Å². The first kappa shape index (κ1) is 25.4. The highest BCUT2D eigenvalue weighted by atomic mass is 35.5. The molecule has 0 spiro atoms. The molecule has 2 atom stereocenters. The third-order valence-electron chi connectivity index (χ3n) is 8.04. The summed E-state index contributed by atoms with van der Waals surface area (Å²) in [6.45, 7) is 1.44. The molecule has 212 valence electrons. The summed E-state index contributed by atoms with van der Waals surface area (Å²) in [7, 11) is 0. The normalized spacial score (nSPS) is 18.5. The molecule has 8 rings (SSSR count). The molecule has 6 heterocycles. The van der Waals surface area contributed by atoms with Gasteiger partial charge < -0.3 is 24.4 Å². The molecule has 4 aromatic heterocycles. The highest BCUT2D eigenvalue weighted by molar-refractivity contribution is 6.29. The number of rotatable bonds is 5. The van der Waals surface area contributed by atoms with E-state index in [2.05, 4.69) is 25.2 Å². The van der Waals surface area contributed by atoms with Gasteiger partial charge in [-0.2, -0.15) is 9.97 Å². The quantitative estimate of drug-likeness (QED) is 0.236. The predicted molar refractivity (Wildman–Crippen MR) is 152 cm³/mol. The van der Waals surface area contributed by atoms with Crippen LogP contribution in [0.2, 0.25) is 5.22 Å². The van der Waals surface area contributed by atoms with Crippen molar-refractivity contribution in [1.82, 2.24) is 25.3 Å². The van der Waals surface area contributed by atoms with Gasteiger partial charge in [0.2, 0.25) is 0 Å². The Hall–Kier alpha value is -4.35. The van der Waals surface area contributed by atoms with Gasteiger partial charge in [-0.25, -0.2) is 13.2 Å². The fraction of sp³-hybridized carbons (Fsp3) is 0.233. The topological polar surface area (TPSA) is 92.1 Å². The molecule has 2 fully saturated rings. The number of hydrogen-bond acceptors (Lipinski definition) is 7. The van der Waals surface area contributed by atoms with Crippen LogP contribution in [0, 0.1) is 17.5 Å². The molecule has 0 saturated carbocycles. The second-order valence-electron chi connectivity index (χ2n) is 10.7. The summed E-state index contributed by atoms with van der Waals surface area (Å²) in [5.74, 6) is -2.36. The van der Waals surface area contributed by atoms with Crippen LogP contribution in [0.25, 0.3) is 44.0 Å². The lowest BCUT2D eigenvalue weighted by atomic mass is 10.00. The zero-order chi connectivity index (χ0) is 28.5. The Bertz CT molecular complexity index is 1980. The van der Waals surface area contributed by atoms with Crippen molar-refractivity contribution in [3.63, 3.8) is 0 Å². The van der Waals surface area contributed by atoms with E-state index in [-0.39, 0.29) is 40.0 Å². The number of nitrogens with one attached hydrogen (secondary N) is 2. The van der Waals surface area contributed by atoms with Crippen molar-refractivity contribution in [1.29, 1.82) is 0 Å². The molecule has 0 amide bonds. The fourth-order valence-corrected chi connectivity index (χ4v) is 6.35. The van der Waals surface area contributed by atoms with Gasteiger partial charge in [0.05, 0.1) is 16.6 Å². The van der Waals surface area contributed by atoms with E-state index in [1.54, 1.807) is 24.3 Å². The van der Waals surface area contributed by atoms with Crippen LogP contribution in [0.5, 0.6) is 6.01 Å². The van der Waals surface area contributed by atoms with E-state index in [1.807, 2.05) is 0 Å². The van der Waals surface area contributed by atoms with Crippen molar-refractivity contribution in [2.24, 2.45) is 0 Å². The number of nitrogens with zero attached hydrogens (tertiary/aromatic N) is 4. The average Bonchev–Trinajstić information content (AvgIpc) is 3.64. The minimum atomic E-state index is -1.06. The van der Waals surface area contributed by atoms with Gasteiger partial charge in [-0.3, -0.25) is 4.98 Å². The van der Waals surface area contributed by atoms with Gasteiger partial charge in [0.15, 0.2) is 28.3 Å². The summed E-state index contributed by atoms with van der Waals surface area (Å²) < 4.78 is 57.0. The highest BCUT2D eigenvalue weighted by Gasteiger charge is 2.34. The molecule has 8 nitrogen and oxygen atoms in total. The molecule has 12 heteroatoms. The first-order valence-corrected chi connectivity index (χ1v) is 13.9. The number of ether oxygens (including phenoxy) is 1. The first-order chi connectivity index (χ1) is 20.4. The van der Waals surface area contributed by atoms with Crippen molar-refractivity contribution >= 4 is 50.2 Å². The Balaban J connectivity index is 1.25. The maximum Gasteiger partial charge on any atom is 0.319 e. The third-order valence-corrected chi connectivity index (χ3v) is 8.22. The molecule has 0 aliphatic carbocycles. The van der Waals surface area contributed by atoms with Gasteiger partial charge in [0.1, 0.15) is 23.6 Å². The van der Waals surface area contributed by atoms with E-state index < -0.39 is 17.5 Å². The van der Waals surface area contributed by atoms with Crippen molar-refractivity contribution in [2.75, 3.05) is 18.0 Å². The molecule has 2 bridgehead atoms. The van der Waals surface area contributed by atoms with Crippen LogP contribution < -0.4 is 15.0 Å². The summed E-state index contributed by atoms with van der Waals surface area (Å²) in [5, 5.41) is 4.64. The molecule has 2 N–H and O–H groups in total. The van der Waals surface area contributed by atoms with Crippen LogP contribution >= 0.6 is 11.6 Å². The van der Waals surface area contributed by atoms with E-state index >= 15 is 4.39 Å². The van der Waals surface area contributed by atoms with Crippen LogP contribution in [0.3, 0.4) is 0 Å². The Morgan fingerprint density at radius 3 is 2.67 bits per heavy atom. The molecule has 2 aliphatic rings. The Morgan fingerprint density at radius 2 is 1.86 bits per heavy atom. The van der Waals surface area contributed by atoms with E-state index in [0.717, 1.165) is 24.4 Å². The molecule has 2 aliphatic heterocycles. The number of H-pyrrole nitrogens is 1. The Labute approximate surface area is 241 Å². The molecule has 0 unspecified atom stereocenters. The summed E-state index contributed by atoms with van der Waals surface area (Å²) in [4.78, 5) is 18.8. The van der Waals surface area contributed by atoms with E-state index in [9.17, 15) is 8.78 Å². The van der Waals surface area contributed by atoms with Gasteiger partial charge in [-0.15, -0.1) is 0 Å². The smallest absolute Gasteiger partial charge is 0.319 e. The lowest BCUT2D eigenvalue weighted by Gasteiger charge is -2.34. The molecular formula is C30H22ClF3N6O2. The Kier molecular flexibility index (Phi) is 5.80.